The molecule has 0 bridgehead atoms. The lowest BCUT2D eigenvalue weighted by Gasteiger charge is -2.19. The number of carboxylic acid groups (broad SMARTS) is 1. The summed E-state index contributed by atoms with van der Waals surface area (Å²) in [6, 6.07) is 2.73. The van der Waals surface area contributed by atoms with Crippen molar-refractivity contribution in [1.29, 1.82) is 0 Å². The highest BCUT2D eigenvalue weighted by Gasteiger charge is 2.52. The van der Waals surface area contributed by atoms with Gasteiger partial charge in [0.1, 0.15) is 0 Å². The number of carboxylic acids is 1. The van der Waals surface area contributed by atoms with Crippen LogP contribution in [0.1, 0.15) is 11.1 Å². The van der Waals surface area contributed by atoms with Gasteiger partial charge in [-0.3, -0.25) is 9.69 Å². The van der Waals surface area contributed by atoms with Gasteiger partial charge in [0.25, 0.3) is 0 Å². The van der Waals surface area contributed by atoms with Crippen LogP contribution in [-0.2, 0) is 17.5 Å². The lowest BCUT2D eigenvalue weighted by Crippen LogP contribution is -2.33. The molecule has 1 aromatic carbocycles. The third-order valence-corrected chi connectivity index (χ3v) is 4.04. The first-order valence-electron chi connectivity index (χ1n) is 6.76. The van der Waals surface area contributed by atoms with Crippen molar-refractivity contribution in [2.75, 3.05) is 13.1 Å². The molecule has 1 heterocycles. The lowest BCUT2D eigenvalue weighted by molar-refractivity contribution is -0.188. The van der Waals surface area contributed by atoms with E-state index in [1.54, 1.807) is 0 Å². The summed E-state index contributed by atoms with van der Waals surface area (Å²) in [5.41, 5.74) is -0.937. The summed E-state index contributed by atoms with van der Waals surface area (Å²) < 4.78 is 77.0. The molecule has 1 aromatic rings. The molecule has 1 aliphatic heterocycles. The van der Waals surface area contributed by atoms with E-state index in [9.17, 15) is 31.1 Å². The molecule has 3 nitrogen and oxygen atoms in total. The fourth-order valence-electron chi connectivity index (χ4n) is 2.76. The highest BCUT2D eigenvalue weighted by atomic mass is 35.5. The summed E-state index contributed by atoms with van der Waals surface area (Å²) in [6.07, 6.45) is -9.33. The molecule has 1 N–H and O–H groups in total. The molecule has 0 radical (unpaired) electrons. The Hall–Kier alpha value is -1.48. The number of carbonyl (C=O) groups is 1. The predicted molar refractivity (Wildman–Crippen MR) is 72.4 cm³/mol. The van der Waals surface area contributed by atoms with E-state index in [0.29, 0.717) is 6.07 Å². The number of rotatable bonds is 3. The third kappa shape index (κ3) is 4.32. The minimum Gasteiger partial charge on any atom is -0.481 e. The quantitative estimate of drug-likeness (QED) is 0.810. The zero-order chi connectivity index (χ0) is 18.3. The van der Waals surface area contributed by atoms with Gasteiger partial charge in [0.15, 0.2) is 0 Å². The van der Waals surface area contributed by atoms with Gasteiger partial charge in [0, 0.05) is 24.7 Å². The van der Waals surface area contributed by atoms with Gasteiger partial charge < -0.3 is 5.11 Å². The molecular formula is C14H12ClF6NO2. The minimum atomic E-state index is -4.69. The smallest absolute Gasteiger partial charge is 0.416 e. The number of halogens is 7. The van der Waals surface area contributed by atoms with Gasteiger partial charge in [-0.2, -0.15) is 26.3 Å². The first-order valence-corrected chi connectivity index (χ1v) is 7.14. The van der Waals surface area contributed by atoms with E-state index in [-0.39, 0.29) is 17.1 Å². The van der Waals surface area contributed by atoms with Gasteiger partial charge in [0.2, 0.25) is 0 Å². The van der Waals surface area contributed by atoms with E-state index >= 15 is 0 Å². The second kappa shape index (κ2) is 6.44. The minimum absolute atomic E-state index is 0.0711. The summed E-state index contributed by atoms with van der Waals surface area (Å²) in [6.45, 7) is -1.23. The van der Waals surface area contributed by atoms with E-state index in [0.717, 1.165) is 6.07 Å². The molecule has 0 amide bonds. The summed E-state index contributed by atoms with van der Waals surface area (Å²) in [4.78, 5) is 12.2. The van der Waals surface area contributed by atoms with Crippen LogP contribution in [-0.4, -0.2) is 35.2 Å². The molecule has 0 unspecified atom stereocenters. The normalized spacial score (nSPS) is 22.8. The monoisotopic (exact) mass is 375 g/mol. The zero-order valence-electron chi connectivity index (χ0n) is 12.0. The van der Waals surface area contributed by atoms with Crippen molar-refractivity contribution in [3.63, 3.8) is 0 Å². The summed E-state index contributed by atoms with van der Waals surface area (Å²) in [5, 5.41) is 8.74. The van der Waals surface area contributed by atoms with Gasteiger partial charge in [0.05, 0.1) is 17.4 Å². The third-order valence-electron chi connectivity index (χ3n) is 3.82. The largest absolute Gasteiger partial charge is 0.481 e. The molecule has 134 valence electrons. The van der Waals surface area contributed by atoms with Crippen molar-refractivity contribution in [2.45, 2.75) is 18.9 Å². The van der Waals surface area contributed by atoms with Crippen molar-refractivity contribution in [1.82, 2.24) is 4.90 Å². The zero-order valence-corrected chi connectivity index (χ0v) is 12.7. The SMILES string of the molecule is O=C(O)[C@@H]1CN(Cc2cc(Cl)cc(C(F)(F)F)c2)C[C@H]1C(F)(F)F. The molecule has 0 saturated carbocycles. The summed E-state index contributed by atoms with van der Waals surface area (Å²) in [5.74, 6) is -5.29. The average Bonchev–Trinajstić information content (AvgIpc) is 2.81. The van der Waals surface area contributed by atoms with Crippen molar-refractivity contribution in [3.05, 3.63) is 34.3 Å². The van der Waals surface area contributed by atoms with Gasteiger partial charge in [-0.15, -0.1) is 0 Å². The molecule has 0 aliphatic carbocycles. The average molecular weight is 376 g/mol. The predicted octanol–water partition coefficient (Wildman–Crippen LogP) is 4.05. The standard InChI is InChI=1S/C14H12ClF6NO2/c15-9-2-7(1-8(3-9)13(16,17)18)4-22-5-10(12(23)24)11(6-22)14(19,20)21/h1-3,10-11H,4-6H2,(H,23,24)/t10-,11-/m1/s1. The maximum Gasteiger partial charge on any atom is 0.416 e. The molecule has 1 aliphatic rings. The summed E-state index contributed by atoms with van der Waals surface area (Å²) >= 11 is 5.63. The Labute approximate surface area is 137 Å². The Bertz CT molecular complexity index is 631. The first-order chi connectivity index (χ1) is 10.9. The van der Waals surface area contributed by atoms with E-state index < -0.39 is 48.8 Å². The fourth-order valence-corrected chi connectivity index (χ4v) is 3.02. The lowest BCUT2D eigenvalue weighted by atomic mass is 9.96. The Kier molecular flexibility index (Phi) is 5.06. The summed E-state index contributed by atoms with van der Waals surface area (Å²) in [7, 11) is 0. The van der Waals surface area contributed by atoms with Crippen LogP contribution in [0.25, 0.3) is 0 Å². The van der Waals surface area contributed by atoms with Gasteiger partial charge in [-0.05, 0) is 23.8 Å². The van der Waals surface area contributed by atoms with Crippen molar-refractivity contribution in [2.24, 2.45) is 11.8 Å². The fraction of sp³-hybridized carbons (Fsp3) is 0.500. The maximum atomic E-state index is 12.9. The van der Waals surface area contributed by atoms with Crippen molar-refractivity contribution in [3.8, 4) is 0 Å². The molecule has 1 saturated heterocycles. The topological polar surface area (TPSA) is 40.5 Å². The Morgan fingerprint density at radius 1 is 1.17 bits per heavy atom. The van der Waals surface area contributed by atoms with E-state index in [1.807, 2.05) is 0 Å². The van der Waals surface area contributed by atoms with Crippen LogP contribution in [0, 0.1) is 11.8 Å². The molecule has 1 fully saturated rings. The van der Waals surface area contributed by atoms with Crippen molar-refractivity contribution >= 4 is 17.6 Å². The first kappa shape index (κ1) is 18.9. The van der Waals surface area contributed by atoms with Gasteiger partial charge in [-0.1, -0.05) is 11.6 Å². The number of benzene rings is 1. The molecule has 0 aromatic heterocycles. The van der Waals surface area contributed by atoms with Gasteiger partial charge >= 0.3 is 18.3 Å². The van der Waals surface area contributed by atoms with E-state index in [4.69, 9.17) is 16.7 Å². The Balaban J connectivity index is 2.20. The number of likely N-dealkylation sites (tertiary alicyclic amines) is 1. The van der Waals surface area contributed by atoms with Crippen LogP contribution in [0.5, 0.6) is 0 Å². The number of nitrogens with zero attached hydrogens (tertiary/aromatic N) is 1. The van der Waals surface area contributed by atoms with Crippen LogP contribution < -0.4 is 0 Å². The van der Waals surface area contributed by atoms with Crippen LogP contribution in [0.3, 0.4) is 0 Å². The van der Waals surface area contributed by atoms with Crippen LogP contribution in [0.15, 0.2) is 18.2 Å². The van der Waals surface area contributed by atoms with Crippen molar-refractivity contribution < 1.29 is 36.2 Å². The molecule has 10 heteroatoms. The molecule has 24 heavy (non-hydrogen) atoms. The van der Waals surface area contributed by atoms with E-state index in [2.05, 4.69) is 0 Å². The Morgan fingerprint density at radius 2 is 1.79 bits per heavy atom. The second-order valence-electron chi connectivity index (χ2n) is 5.63. The second-order valence-corrected chi connectivity index (χ2v) is 6.07. The number of alkyl halides is 6. The van der Waals surface area contributed by atoms with Crippen LogP contribution >= 0.6 is 11.6 Å². The highest BCUT2D eigenvalue weighted by Crippen LogP contribution is 2.39. The highest BCUT2D eigenvalue weighted by molar-refractivity contribution is 6.30. The molecule has 0 spiro atoms. The maximum absolute atomic E-state index is 12.9. The molecule has 2 rings (SSSR count). The van der Waals surface area contributed by atoms with Crippen LogP contribution in [0.2, 0.25) is 5.02 Å². The number of hydrogen-bond acceptors (Lipinski definition) is 2. The van der Waals surface area contributed by atoms with E-state index in [1.165, 1.54) is 11.0 Å². The number of hydrogen-bond donors (Lipinski definition) is 1. The molecular weight excluding hydrogens is 364 g/mol. The van der Waals surface area contributed by atoms with Gasteiger partial charge in [-0.25, -0.2) is 0 Å². The number of aliphatic carboxylic acids is 1. The Morgan fingerprint density at radius 3 is 2.25 bits per heavy atom. The van der Waals surface area contributed by atoms with Crippen LogP contribution in [0.4, 0.5) is 26.3 Å². The molecule has 2 atom stereocenters.